The van der Waals surface area contributed by atoms with Crippen LogP contribution in [0.4, 0.5) is 0 Å². The third-order valence-electron chi connectivity index (χ3n) is 4.96. The zero-order chi connectivity index (χ0) is 20.5. The molecule has 4 rings (SSSR count). The summed E-state index contributed by atoms with van der Waals surface area (Å²) in [7, 11) is 0. The second kappa shape index (κ2) is 7.60. The van der Waals surface area contributed by atoms with Crippen molar-refractivity contribution in [1.29, 1.82) is 0 Å². The topological polar surface area (TPSA) is 70.8 Å². The normalized spacial score (nSPS) is 18.4. The first-order valence-electron chi connectivity index (χ1n) is 9.09. The number of aliphatic hydroxyl groups is 1. The van der Waals surface area contributed by atoms with E-state index < -0.39 is 17.7 Å². The van der Waals surface area contributed by atoms with Crippen molar-refractivity contribution in [1.82, 2.24) is 4.90 Å². The van der Waals surface area contributed by atoms with E-state index >= 15 is 0 Å². The molecular weight excluding hydrogens is 390 g/mol. The van der Waals surface area contributed by atoms with Gasteiger partial charge in [0.25, 0.3) is 11.7 Å². The van der Waals surface area contributed by atoms with E-state index in [1.54, 1.807) is 36.4 Å². The predicted octanol–water partition coefficient (Wildman–Crippen LogP) is 4.86. The SMILES string of the molecule is Cc1ccc([C@@H]2C(=C(O)c3ccc(Cl)cc3)C(=O)C(=O)N2Cc2ccco2)cc1. The molecule has 0 radical (unpaired) electrons. The molecule has 0 bridgehead atoms. The van der Waals surface area contributed by atoms with E-state index in [-0.39, 0.29) is 17.9 Å². The average Bonchev–Trinajstić information content (AvgIpc) is 3.31. The lowest BCUT2D eigenvalue weighted by Gasteiger charge is -2.24. The van der Waals surface area contributed by atoms with Gasteiger partial charge < -0.3 is 14.4 Å². The number of ketones is 1. The molecule has 6 heteroatoms. The highest BCUT2D eigenvalue weighted by Gasteiger charge is 2.46. The lowest BCUT2D eigenvalue weighted by Crippen LogP contribution is -2.29. The fourth-order valence-electron chi connectivity index (χ4n) is 3.47. The molecule has 1 aromatic heterocycles. The molecule has 1 fully saturated rings. The van der Waals surface area contributed by atoms with Crippen LogP contribution in [0.5, 0.6) is 0 Å². The van der Waals surface area contributed by atoms with Crippen LogP contribution in [0, 0.1) is 6.92 Å². The molecule has 1 N–H and O–H groups in total. The van der Waals surface area contributed by atoms with Gasteiger partial charge in [-0.1, -0.05) is 41.4 Å². The van der Waals surface area contributed by atoms with Crippen molar-refractivity contribution in [3.8, 4) is 0 Å². The van der Waals surface area contributed by atoms with Crippen molar-refractivity contribution < 1.29 is 19.1 Å². The summed E-state index contributed by atoms with van der Waals surface area (Å²) >= 11 is 5.93. The fraction of sp³-hybridized carbons (Fsp3) is 0.130. The zero-order valence-electron chi connectivity index (χ0n) is 15.6. The molecule has 1 aliphatic heterocycles. The van der Waals surface area contributed by atoms with Crippen molar-refractivity contribution in [2.75, 3.05) is 0 Å². The Hall–Kier alpha value is -3.31. The zero-order valence-corrected chi connectivity index (χ0v) is 16.4. The summed E-state index contributed by atoms with van der Waals surface area (Å²) < 4.78 is 5.38. The largest absolute Gasteiger partial charge is 0.507 e. The highest BCUT2D eigenvalue weighted by molar-refractivity contribution is 6.46. The van der Waals surface area contributed by atoms with Gasteiger partial charge in [-0.3, -0.25) is 9.59 Å². The highest BCUT2D eigenvalue weighted by atomic mass is 35.5. The third kappa shape index (κ3) is 3.57. The van der Waals surface area contributed by atoms with Crippen LogP contribution in [-0.2, 0) is 16.1 Å². The van der Waals surface area contributed by atoms with Gasteiger partial charge in [-0.25, -0.2) is 0 Å². The molecule has 2 heterocycles. The number of aryl methyl sites for hydroxylation is 1. The van der Waals surface area contributed by atoms with Crippen LogP contribution in [-0.4, -0.2) is 21.7 Å². The first kappa shape index (κ1) is 19.0. The highest BCUT2D eigenvalue weighted by Crippen LogP contribution is 2.40. The Morgan fingerprint density at radius 2 is 1.76 bits per heavy atom. The molecule has 29 heavy (non-hydrogen) atoms. The van der Waals surface area contributed by atoms with E-state index in [0.717, 1.165) is 11.1 Å². The number of aliphatic hydroxyl groups excluding tert-OH is 1. The number of rotatable bonds is 4. The van der Waals surface area contributed by atoms with Gasteiger partial charge in [0.15, 0.2) is 0 Å². The number of hydrogen-bond acceptors (Lipinski definition) is 4. The summed E-state index contributed by atoms with van der Waals surface area (Å²) in [5, 5.41) is 11.5. The van der Waals surface area contributed by atoms with Gasteiger partial charge in [-0.15, -0.1) is 0 Å². The Morgan fingerprint density at radius 1 is 1.07 bits per heavy atom. The molecule has 2 aromatic carbocycles. The number of halogens is 1. The monoisotopic (exact) mass is 407 g/mol. The lowest BCUT2D eigenvalue weighted by molar-refractivity contribution is -0.140. The van der Waals surface area contributed by atoms with Crippen LogP contribution in [0.15, 0.2) is 76.9 Å². The smallest absolute Gasteiger partial charge is 0.296 e. The van der Waals surface area contributed by atoms with Gasteiger partial charge in [0.1, 0.15) is 11.5 Å². The summed E-state index contributed by atoms with van der Waals surface area (Å²) in [6.45, 7) is 2.07. The quantitative estimate of drug-likeness (QED) is 0.381. The van der Waals surface area contributed by atoms with Crippen LogP contribution in [0.1, 0.15) is 28.5 Å². The fourth-order valence-corrected chi connectivity index (χ4v) is 3.60. The van der Waals surface area contributed by atoms with Crippen molar-refractivity contribution in [2.24, 2.45) is 0 Å². The van der Waals surface area contributed by atoms with E-state index in [2.05, 4.69) is 0 Å². The van der Waals surface area contributed by atoms with Crippen LogP contribution in [0.2, 0.25) is 5.02 Å². The number of likely N-dealkylation sites (tertiary alicyclic amines) is 1. The van der Waals surface area contributed by atoms with E-state index in [4.69, 9.17) is 16.0 Å². The van der Waals surface area contributed by atoms with Crippen molar-refractivity contribution >= 4 is 29.1 Å². The molecular formula is C23H18ClNO4. The predicted molar refractivity (Wildman–Crippen MR) is 109 cm³/mol. The Balaban J connectivity index is 1.86. The summed E-state index contributed by atoms with van der Waals surface area (Å²) in [4.78, 5) is 27.2. The number of Topliss-reactive ketones (excluding diaryl/α,β-unsaturated/α-hetero) is 1. The second-order valence-electron chi connectivity index (χ2n) is 6.92. The summed E-state index contributed by atoms with van der Waals surface area (Å²) in [5.74, 6) is -1.08. The number of furan rings is 1. The maximum absolute atomic E-state index is 12.9. The van der Waals surface area contributed by atoms with Crippen LogP contribution in [0.25, 0.3) is 5.76 Å². The number of benzene rings is 2. The van der Waals surface area contributed by atoms with Crippen LogP contribution >= 0.6 is 11.6 Å². The number of carbonyl (C=O) groups excluding carboxylic acids is 2. The first-order chi connectivity index (χ1) is 14.0. The molecule has 0 aliphatic carbocycles. The number of hydrogen-bond donors (Lipinski definition) is 1. The third-order valence-corrected chi connectivity index (χ3v) is 5.21. The molecule has 0 saturated carbocycles. The van der Waals surface area contributed by atoms with Crippen LogP contribution < -0.4 is 0 Å². The van der Waals surface area contributed by atoms with Gasteiger partial charge in [0, 0.05) is 10.6 Å². The minimum Gasteiger partial charge on any atom is -0.507 e. The standard InChI is InChI=1S/C23H18ClNO4/c1-14-4-6-15(7-5-14)20-19(21(26)16-8-10-17(24)11-9-16)22(27)23(28)25(20)13-18-3-2-12-29-18/h2-12,20,26H,13H2,1H3/t20-/m1/s1. The molecule has 1 aliphatic rings. The Bertz CT molecular complexity index is 1080. The Labute approximate surface area is 172 Å². The number of amides is 1. The van der Waals surface area contributed by atoms with Crippen LogP contribution in [0.3, 0.4) is 0 Å². The first-order valence-corrected chi connectivity index (χ1v) is 9.47. The van der Waals surface area contributed by atoms with Gasteiger partial charge >= 0.3 is 0 Å². The second-order valence-corrected chi connectivity index (χ2v) is 7.36. The minimum absolute atomic E-state index is 0.0488. The van der Waals surface area contributed by atoms with E-state index in [0.29, 0.717) is 16.3 Å². The van der Waals surface area contributed by atoms with Gasteiger partial charge in [-0.05, 0) is 48.9 Å². The average molecular weight is 408 g/mol. The maximum atomic E-state index is 12.9. The molecule has 146 valence electrons. The molecule has 1 saturated heterocycles. The van der Waals surface area contributed by atoms with Crippen molar-refractivity contribution in [2.45, 2.75) is 19.5 Å². The summed E-state index contributed by atoms with van der Waals surface area (Å²) in [6.07, 6.45) is 1.51. The van der Waals surface area contributed by atoms with E-state index in [1.165, 1.54) is 11.2 Å². The molecule has 3 aromatic rings. The van der Waals surface area contributed by atoms with Gasteiger partial charge in [-0.2, -0.15) is 0 Å². The van der Waals surface area contributed by atoms with Gasteiger partial charge in [0.05, 0.1) is 24.4 Å². The lowest BCUT2D eigenvalue weighted by atomic mass is 9.94. The minimum atomic E-state index is -0.727. The van der Waals surface area contributed by atoms with Crippen molar-refractivity contribution in [3.63, 3.8) is 0 Å². The molecule has 0 unspecified atom stereocenters. The molecule has 5 nitrogen and oxygen atoms in total. The summed E-state index contributed by atoms with van der Waals surface area (Å²) in [6, 6.07) is 16.7. The Morgan fingerprint density at radius 3 is 2.38 bits per heavy atom. The van der Waals surface area contributed by atoms with E-state index in [1.807, 2.05) is 31.2 Å². The molecule has 1 amide bonds. The number of nitrogens with zero attached hydrogens (tertiary/aromatic N) is 1. The summed E-state index contributed by atoms with van der Waals surface area (Å²) in [5.41, 5.74) is 2.25. The van der Waals surface area contributed by atoms with Gasteiger partial charge in [0.2, 0.25) is 0 Å². The number of carbonyl (C=O) groups is 2. The maximum Gasteiger partial charge on any atom is 0.296 e. The molecule has 1 atom stereocenters. The van der Waals surface area contributed by atoms with E-state index in [9.17, 15) is 14.7 Å². The Kier molecular flexibility index (Phi) is 4.99. The molecule has 0 spiro atoms. The van der Waals surface area contributed by atoms with Crippen molar-refractivity contribution in [3.05, 3.63) is 100.0 Å².